The molecule has 0 radical (unpaired) electrons. The molecule has 0 saturated carbocycles. The summed E-state index contributed by atoms with van der Waals surface area (Å²) in [5.41, 5.74) is 0.723. The third kappa shape index (κ3) is 4.11. The summed E-state index contributed by atoms with van der Waals surface area (Å²) in [6, 6.07) is 2.65. The van der Waals surface area contributed by atoms with E-state index in [1.165, 1.54) is 6.07 Å². The zero-order chi connectivity index (χ0) is 15.4. The molecule has 5 nitrogen and oxygen atoms in total. The smallest absolute Gasteiger partial charge is 0.342 e. The van der Waals surface area contributed by atoms with Crippen LogP contribution in [0.2, 0.25) is 0 Å². The number of carbonyl (C=O) groups excluding carboxylic acids is 1. The van der Waals surface area contributed by atoms with Crippen LogP contribution in [0.1, 0.15) is 54.9 Å². The summed E-state index contributed by atoms with van der Waals surface area (Å²) < 4.78 is 5.30. The van der Waals surface area contributed by atoms with E-state index in [-0.39, 0.29) is 17.1 Å². The number of aryl methyl sites for hydroxylation is 1. The number of ether oxygens (including phenoxy) is 1. The van der Waals surface area contributed by atoms with Crippen LogP contribution in [0, 0.1) is 0 Å². The van der Waals surface area contributed by atoms with Crippen molar-refractivity contribution >= 4 is 5.97 Å². The normalized spacial score (nSPS) is 24.4. The summed E-state index contributed by atoms with van der Waals surface area (Å²) in [5, 5.41) is 29.4. The van der Waals surface area contributed by atoms with Crippen LogP contribution in [0.5, 0.6) is 11.5 Å². The van der Waals surface area contributed by atoms with Crippen molar-refractivity contribution in [3.63, 3.8) is 0 Å². The highest BCUT2D eigenvalue weighted by molar-refractivity contribution is 5.94. The Morgan fingerprint density at radius 2 is 1.95 bits per heavy atom. The molecule has 0 aliphatic carbocycles. The maximum absolute atomic E-state index is 12.2. The van der Waals surface area contributed by atoms with Gasteiger partial charge in [0.05, 0.1) is 6.10 Å². The number of carbonyl (C=O) groups is 1. The number of aliphatic hydroxyl groups is 1. The maximum atomic E-state index is 12.2. The molecule has 2 rings (SSSR count). The summed E-state index contributed by atoms with van der Waals surface area (Å²) in [4.78, 5) is 12.2. The number of fused-ring (bicyclic) bond motifs is 1. The first kappa shape index (κ1) is 15.6. The SMILES string of the molecule is C[C@@H]1C[C@H](O)CCCCCc2cc(O)cc(O)c2C(=O)O1. The Hall–Kier alpha value is -1.75. The highest BCUT2D eigenvalue weighted by atomic mass is 16.5. The molecule has 1 aromatic carbocycles. The quantitative estimate of drug-likeness (QED) is 0.640. The van der Waals surface area contributed by atoms with Gasteiger partial charge >= 0.3 is 5.97 Å². The number of hydrogen-bond donors (Lipinski definition) is 3. The lowest BCUT2D eigenvalue weighted by Gasteiger charge is -2.20. The third-order valence-corrected chi connectivity index (χ3v) is 3.78. The van der Waals surface area contributed by atoms with Gasteiger partial charge in [0, 0.05) is 12.5 Å². The van der Waals surface area contributed by atoms with Gasteiger partial charge < -0.3 is 20.1 Å². The molecular weight excluding hydrogens is 272 g/mol. The standard InChI is InChI=1S/C16H22O5/c1-10-7-12(17)6-4-2-3-5-11-8-13(18)9-14(19)15(11)16(20)21-10/h8-10,12,17-19H,2-7H2,1H3/t10-,12-/m1/s1. The number of rotatable bonds is 0. The Labute approximate surface area is 124 Å². The van der Waals surface area contributed by atoms with E-state index in [4.69, 9.17) is 4.74 Å². The van der Waals surface area contributed by atoms with E-state index in [1.54, 1.807) is 6.92 Å². The zero-order valence-corrected chi connectivity index (χ0v) is 12.2. The third-order valence-electron chi connectivity index (χ3n) is 3.78. The molecular formula is C16H22O5. The molecule has 21 heavy (non-hydrogen) atoms. The van der Waals surface area contributed by atoms with E-state index >= 15 is 0 Å². The monoisotopic (exact) mass is 294 g/mol. The van der Waals surface area contributed by atoms with Crippen LogP contribution in [0.4, 0.5) is 0 Å². The van der Waals surface area contributed by atoms with Gasteiger partial charge in [-0.25, -0.2) is 4.79 Å². The Balaban J connectivity index is 2.30. The number of hydrogen-bond acceptors (Lipinski definition) is 5. The number of phenolic OH excluding ortho intramolecular Hbond substituents is 2. The van der Waals surface area contributed by atoms with Gasteiger partial charge in [-0.05, 0) is 37.8 Å². The van der Waals surface area contributed by atoms with E-state index in [1.807, 2.05) is 0 Å². The second kappa shape index (κ2) is 6.80. The predicted octanol–water partition coefficient (Wildman–Crippen LogP) is 2.51. The Morgan fingerprint density at radius 3 is 2.71 bits per heavy atom. The summed E-state index contributed by atoms with van der Waals surface area (Å²) in [6.45, 7) is 1.73. The molecule has 0 unspecified atom stereocenters. The van der Waals surface area contributed by atoms with Gasteiger partial charge in [-0.2, -0.15) is 0 Å². The van der Waals surface area contributed by atoms with Gasteiger partial charge in [0.2, 0.25) is 0 Å². The first-order valence-electron chi connectivity index (χ1n) is 7.41. The van der Waals surface area contributed by atoms with Gasteiger partial charge in [-0.1, -0.05) is 12.8 Å². The molecule has 1 aliphatic heterocycles. The minimum atomic E-state index is -0.609. The van der Waals surface area contributed by atoms with E-state index in [2.05, 4.69) is 0 Å². The van der Waals surface area contributed by atoms with Crippen molar-refractivity contribution in [3.05, 3.63) is 23.3 Å². The second-order valence-electron chi connectivity index (χ2n) is 5.70. The minimum Gasteiger partial charge on any atom is -0.508 e. The van der Waals surface area contributed by atoms with E-state index in [0.29, 0.717) is 24.8 Å². The summed E-state index contributed by atoms with van der Waals surface area (Å²) >= 11 is 0. The number of aromatic hydroxyl groups is 2. The summed E-state index contributed by atoms with van der Waals surface area (Å²) in [7, 11) is 0. The molecule has 116 valence electrons. The number of aliphatic hydroxyl groups excluding tert-OH is 1. The molecule has 0 bridgehead atoms. The van der Waals surface area contributed by atoms with E-state index in [0.717, 1.165) is 25.3 Å². The molecule has 0 saturated heterocycles. The van der Waals surface area contributed by atoms with E-state index in [9.17, 15) is 20.1 Å². The largest absolute Gasteiger partial charge is 0.508 e. The summed E-state index contributed by atoms with van der Waals surface area (Å²) in [5.74, 6) is -0.933. The van der Waals surface area contributed by atoms with Crippen LogP contribution in [0.25, 0.3) is 0 Å². The van der Waals surface area contributed by atoms with Crippen LogP contribution in [-0.2, 0) is 11.2 Å². The predicted molar refractivity (Wildman–Crippen MR) is 77.4 cm³/mol. The van der Waals surface area contributed by atoms with Gasteiger partial charge in [-0.3, -0.25) is 0 Å². The minimum absolute atomic E-state index is 0.0605. The topological polar surface area (TPSA) is 87.0 Å². The lowest BCUT2D eigenvalue weighted by Crippen LogP contribution is -2.22. The Bertz CT molecular complexity index is 512. The molecule has 0 spiro atoms. The average Bonchev–Trinajstić information content (AvgIpc) is 2.35. The van der Waals surface area contributed by atoms with Crippen molar-refractivity contribution < 1.29 is 24.9 Å². The van der Waals surface area contributed by atoms with Crippen LogP contribution < -0.4 is 0 Å². The van der Waals surface area contributed by atoms with Gasteiger partial charge in [0.25, 0.3) is 0 Å². The first-order chi connectivity index (χ1) is 9.97. The Kier molecular flexibility index (Phi) is 5.07. The van der Waals surface area contributed by atoms with Crippen LogP contribution >= 0.6 is 0 Å². The van der Waals surface area contributed by atoms with Crippen LogP contribution in [0.15, 0.2) is 12.1 Å². The molecule has 0 aromatic heterocycles. The van der Waals surface area contributed by atoms with Gasteiger partial charge in [0.15, 0.2) is 0 Å². The molecule has 1 aliphatic rings. The number of phenols is 2. The zero-order valence-electron chi connectivity index (χ0n) is 12.2. The van der Waals surface area contributed by atoms with Crippen molar-refractivity contribution in [2.45, 2.75) is 57.7 Å². The highest BCUT2D eigenvalue weighted by Crippen LogP contribution is 2.30. The first-order valence-corrected chi connectivity index (χ1v) is 7.41. The number of cyclic esters (lactones) is 1. The van der Waals surface area contributed by atoms with Crippen molar-refractivity contribution in [1.29, 1.82) is 0 Å². The Morgan fingerprint density at radius 1 is 1.19 bits per heavy atom. The fraction of sp³-hybridized carbons (Fsp3) is 0.562. The number of esters is 1. The lowest BCUT2D eigenvalue weighted by molar-refractivity contribution is 0.0182. The fourth-order valence-electron chi connectivity index (χ4n) is 2.76. The lowest BCUT2D eigenvalue weighted by atomic mass is 9.97. The van der Waals surface area contributed by atoms with Crippen LogP contribution in [0.3, 0.4) is 0 Å². The van der Waals surface area contributed by atoms with Crippen molar-refractivity contribution in [3.8, 4) is 11.5 Å². The summed E-state index contributed by atoms with van der Waals surface area (Å²) in [6.07, 6.45) is 3.42. The molecule has 0 amide bonds. The fourth-order valence-corrected chi connectivity index (χ4v) is 2.76. The second-order valence-corrected chi connectivity index (χ2v) is 5.70. The molecule has 5 heteroatoms. The molecule has 3 N–H and O–H groups in total. The van der Waals surface area contributed by atoms with Gasteiger partial charge in [0.1, 0.15) is 23.2 Å². The van der Waals surface area contributed by atoms with Crippen LogP contribution in [-0.4, -0.2) is 33.5 Å². The number of benzene rings is 1. The van der Waals surface area contributed by atoms with Crippen molar-refractivity contribution in [2.24, 2.45) is 0 Å². The molecule has 1 heterocycles. The maximum Gasteiger partial charge on any atom is 0.342 e. The highest BCUT2D eigenvalue weighted by Gasteiger charge is 2.23. The van der Waals surface area contributed by atoms with Gasteiger partial charge in [-0.15, -0.1) is 0 Å². The molecule has 2 atom stereocenters. The molecule has 1 aromatic rings. The van der Waals surface area contributed by atoms with E-state index < -0.39 is 18.2 Å². The van der Waals surface area contributed by atoms with Crippen molar-refractivity contribution in [2.75, 3.05) is 0 Å². The molecule has 0 fully saturated rings. The average molecular weight is 294 g/mol. The van der Waals surface area contributed by atoms with Crippen molar-refractivity contribution in [1.82, 2.24) is 0 Å².